The summed E-state index contributed by atoms with van der Waals surface area (Å²) >= 11 is 0. The minimum Gasteiger partial charge on any atom is -0.487 e. The van der Waals surface area contributed by atoms with Gasteiger partial charge in [-0.05, 0) is 37.6 Å². The Morgan fingerprint density at radius 2 is 2.00 bits per heavy atom. The lowest BCUT2D eigenvalue weighted by atomic mass is 10.0. The fourth-order valence-corrected chi connectivity index (χ4v) is 2.92. The SMILES string of the molecule is CCOc1cc(NC(c2cccc(C)c2)c2ccccn2)ccc1[N+](=O)[O-]. The first kappa shape index (κ1) is 18.4. The van der Waals surface area contributed by atoms with Gasteiger partial charge in [0.25, 0.3) is 0 Å². The van der Waals surface area contributed by atoms with Crippen molar-refractivity contribution in [2.24, 2.45) is 0 Å². The zero-order chi connectivity index (χ0) is 19.2. The number of nitrogens with zero attached hydrogens (tertiary/aromatic N) is 2. The van der Waals surface area contributed by atoms with E-state index in [1.165, 1.54) is 6.07 Å². The highest BCUT2D eigenvalue weighted by Gasteiger charge is 2.19. The molecule has 0 bridgehead atoms. The van der Waals surface area contributed by atoms with E-state index < -0.39 is 4.92 Å². The average molecular weight is 363 g/mol. The van der Waals surface area contributed by atoms with Crippen LogP contribution in [0.2, 0.25) is 0 Å². The minimum atomic E-state index is -0.439. The number of hydrogen-bond acceptors (Lipinski definition) is 5. The Kier molecular flexibility index (Phi) is 5.66. The molecule has 0 amide bonds. The third kappa shape index (κ3) is 4.41. The maximum absolute atomic E-state index is 11.2. The molecule has 2 aromatic carbocycles. The number of nitro benzene ring substituents is 1. The number of aryl methyl sites for hydroxylation is 1. The molecule has 1 N–H and O–H groups in total. The van der Waals surface area contributed by atoms with Crippen LogP contribution in [-0.2, 0) is 0 Å². The zero-order valence-corrected chi connectivity index (χ0v) is 15.3. The molecule has 0 aliphatic carbocycles. The number of anilines is 1. The molecule has 0 saturated carbocycles. The third-order valence-corrected chi connectivity index (χ3v) is 4.13. The van der Waals surface area contributed by atoms with Crippen LogP contribution < -0.4 is 10.1 Å². The number of ether oxygens (including phenoxy) is 1. The predicted molar refractivity (Wildman–Crippen MR) is 105 cm³/mol. The van der Waals surface area contributed by atoms with E-state index in [0.717, 1.165) is 22.5 Å². The molecule has 1 unspecified atom stereocenters. The lowest BCUT2D eigenvalue weighted by Gasteiger charge is -2.21. The number of hydrogen-bond donors (Lipinski definition) is 1. The standard InChI is InChI=1S/C21H21N3O3/c1-3-27-20-14-17(10-11-19(20)24(25)26)23-21(18-9-4-5-12-22-18)16-8-6-7-15(2)13-16/h4-14,21,23H,3H2,1-2H3. The number of benzene rings is 2. The molecule has 1 heterocycles. The fourth-order valence-electron chi connectivity index (χ4n) is 2.92. The van der Waals surface area contributed by atoms with Crippen LogP contribution in [0, 0.1) is 17.0 Å². The highest BCUT2D eigenvalue weighted by Crippen LogP contribution is 2.33. The monoisotopic (exact) mass is 363 g/mol. The van der Waals surface area contributed by atoms with Gasteiger partial charge in [0.05, 0.1) is 23.3 Å². The van der Waals surface area contributed by atoms with Gasteiger partial charge < -0.3 is 10.1 Å². The molecule has 0 aliphatic rings. The molecule has 0 fully saturated rings. The van der Waals surface area contributed by atoms with E-state index in [-0.39, 0.29) is 17.5 Å². The van der Waals surface area contributed by atoms with Gasteiger partial charge in [0.2, 0.25) is 0 Å². The smallest absolute Gasteiger partial charge is 0.311 e. The molecule has 3 aromatic rings. The van der Waals surface area contributed by atoms with Crippen molar-refractivity contribution >= 4 is 11.4 Å². The molecular formula is C21H21N3O3. The topological polar surface area (TPSA) is 77.3 Å². The van der Waals surface area contributed by atoms with Crippen molar-refractivity contribution in [1.82, 2.24) is 4.98 Å². The van der Waals surface area contributed by atoms with Crippen molar-refractivity contribution in [1.29, 1.82) is 0 Å². The van der Waals surface area contributed by atoms with E-state index in [4.69, 9.17) is 4.74 Å². The van der Waals surface area contributed by atoms with Gasteiger partial charge in [0.15, 0.2) is 5.75 Å². The number of aromatic nitrogens is 1. The van der Waals surface area contributed by atoms with Crippen LogP contribution in [0.3, 0.4) is 0 Å². The van der Waals surface area contributed by atoms with E-state index in [1.54, 1.807) is 25.3 Å². The second-order valence-corrected chi connectivity index (χ2v) is 6.12. The third-order valence-electron chi connectivity index (χ3n) is 4.13. The van der Waals surface area contributed by atoms with Crippen LogP contribution in [0.15, 0.2) is 66.9 Å². The summed E-state index contributed by atoms with van der Waals surface area (Å²) in [6.45, 7) is 4.19. The molecule has 0 radical (unpaired) electrons. The highest BCUT2D eigenvalue weighted by molar-refractivity contribution is 5.59. The molecular weight excluding hydrogens is 342 g/mol. The number of rotatable bonds is 7. The van der Waals surface area contributed by atoms with Gasteiger partial charge >= 0.3 is 5.69 Å². The molecule has 6 heteroatoms. The first-order valence-corrected chi connectivity index (χ1v) is 8.73. The summed E-state index contributed by atoms with van der Waals surface area (Å²) in [4.78, 5) is 15.3. The van der Waals surface area contributed by atoms with Gasteiger partial charge in [-0.1, -0.05) is 35.9 Å². The van der Waals surface area contributed by atoms with Crippen LogP contribution >= 0.6 is 0 Å². The second-order valence-electron chi connectivity index (χ2n) is 6.12. The quantitative estimate of drug-likeness (QED) is 0.477. The second kappa shape index (κ2) is 8.31. The zero-order valence-electron chi connectivity index (χ0n) is 15.3. The minimum absolute atomic E-state index is 0.0488. The number of nitro groups is 1. The maximum Gasteiger partial charge on any atom is 0.311 e. The summed E-state index contributed by atoms with van der Waals surface area (Å²) in [6.07, 6.45) is 1.75. The molecule has 138 valence electrons. The Morgan fingerprint density at radius 1 is 1.15 bits per heavy atom. The van der Waals surface area contributed by atoms with Crippen molar-refractivity contribution < 1.29 is 9.66 Å². The predicted octanol–water partition coefficient (Wildman–Crippen LogP) is 4.90. The number of pyridine rings is 1. The van der Waals surface area contributed by atoms with E-state index in [2.05, 4.69) is 16.4 Å². The summed E-state index contributed by atoms with van der Waals surface area (Å²) in [7, 11) is 0. The number of nitrogens with one attached hydrogen (secondary N) is 1. The van der Waals surface area contributed by atoms with Crippen LogP contribution in [-0.4, -0.2) is 16.5 Å². The summed E-state index contributed by atoms with van der Waals surface area (Å²) in [5.74, 6) is 0.247. The van der Waals surface area contributed by atoms with E-state index >= 15 is 0 Å². The summed E-state index contributed by atoms with van der Waals surface area (Å²) in [6, 6.07) is 18.6. The van der Waals surface area contributed by atoms with Crippen molar-refractivity contribution in [3.8, 4) is 5.75 Å². The first-order valence-electron chi connectivity index (χ1n) is 8.73. The fraction of sp³-hybridized carbons (Fsp3) is 0.190. The van der Waals surface area contributed by atoms with Gasteiger partial charge in [-0.15, -0.1) is 0 Å². The van der Waals surface area contributed by atoms with Gasteiger partial charge in [-0.2, -0.15) is 0 Å². The van der Waals surface area contributed by atoms with Gasteiger partial charge in [-0.25, -0.2) is 0 Å². The molecule has 1 aromatic heterocycles. The van der Waals surface area contributed by atoms with Gasteiger partial charge in [0.1, 0.15) is 0 Å². The van der Waals surface area contributed by atoms with E-state index in [9.17, 15) is 10.1 Å². The molecule has 0 saturated heterocycles. The molecule has 3 rings (SSSR count). The van der Waals surface area contributed by atoms with Gasteiger partial charge in [0, 0.05) is 24.0 Å². The molecule has 0 aliphatic heterocycles. The largest absolute Gasteiger partial charge is 0.487 e. The van der Waals surface area contributed by atoms with Crippen LogP contribution in [0.4, 0.5) is 11.4 Å². The highest BCUT2D eigenvalue weighted by atomic mass is 16.6. The van der Waals surface area contributed by atoms with Crippen LogP contribution in [0.1, 0.15) is 29.8 Å². The molecule has 1 atom stereocenters. The van der Waals surface area contributed by atoms with Crippen molar-refractivity contribution in [3.05, 3.63) is 93.8 Å². The van der Waals surface area contributed by atoms with E-state index in [1.807, 2.05) is 43.3 Å². The Bertz CT molecular complexity index is 929. The Labute approximate surface area is 158 Å². The molecule has 6 nitrogen and oxygen atoms in total. The summed E-state index contributed by atoms with van der Waals surface area (Å²) < 4.78 is 5.45. The maximum atomic E-state index is 11.2. The lowest BCUT2D eigenvalue weighted by molar-refractivity contribution is -0.385. The van der Waals surface area contributed by atoms with E-state index in [0.29, 0.717) is 6.61 Å². The molecule has 0 spiro atoms. The lowest BCUT2D eigenvalue weighted by Crippen LogP contribution is -2.14. The normalized spacial score (nSPS) is 11.6. The average Bonchev–Trinajstić information content (AvgIpc) is 2.67. The Morgan fingerprint density at radius 3 is 2.67 bits per heavy atom. The Hall–Kier alpha value is -3.41. The van der Waals surface area contributed by atoms with Crippen molar-refractivity contribution in [2.75, 3.05) is 11.9 Å². The summed E-state index contributed by atoms with van der Waals surface area (Å²) in [5, 5.41) is 14.6. The van der Waals surface area contributed by atoms with Crippen molar-refractivity contribution in [2.45, 2.75) is 19.9 Å². The van der Waals surface area contributed by atoms with Crippen molar-refractivity contribution in [3.63, 3.8) is 0 Å². The molecule has 27 heavy (non-hydrogen) atoms. The van der Waals surface area contributed by atoms with Gasteiger partial charge in [-0.3, -0.25) is 15.1 Å². The first-order chi connectivity index (χ1) is 13.1. The van der Waals surface area contributed by atoms with Crippen LogP contribution in [0.25, 0.3) is 0 Å². The van der Waals surface area contributed by atoms with Crippen LogP contribution in [0.5, 0.6) is 5.75 Å². The Balaban J connectivity index is 1.99. The summed E-state index contributed by atoms with van der Waals surface area (Å²) in [5.41, 5.74) is 3.74.